The van der Waals surface area contributed by atoms with E-state index in [1.807, 2.05) is 19.1 Å². The maximum atomic E-state index is 12.2. The molecule has 20 heavy (non-hydrogen) atoms. The number of anilines is 1. The molecule has 1 aromatic carbocycles. The largest absolute Gasteiger partial charge is 0.478 e. The average Bonchev–Trinajstić information content (AvgIpc) is 2.70. The van der Waals surface area contributed by atoms with Crippen LogP contribution in [0.3, 0.4) is 0 Å². The average molecular weight is 337 g/mol. The molecular formula is C14H13BrN2O3. The molecule has 0 saturated carbocycles. The third-order valence-corrected chi connectivity index (χ3v) is 3.56. The summed E-state index contributed by atoms with van der Waals surface area (Å²) in [5.74, 6) is -1.44. The summed E-state index contributed by atoms with van der Waals surface area (Å²) in [5, 5.41) is 11.7. The van der Waals surface area contributed by atoms with Gasteiger partial charge in [-0.1, -0.05) is 6.07 Å². The number of aromatic amines is 1. The number of benzene rings is 1. The number of nitrogens with one attached hydrogen (secondary N) is 2. The molecule has 0 aliphatic rings. The van der Waals surface area contributed by atoms with Gasteiger partial charge < -0.3 is 15.4 Å². The zero-order valence-corrected chi connectivity index (χ0v) is 12.5. The van der Waals surface area contributed by atoms with Crippen LogP contribution in [-0.4, -0.2) is 22.0 Å². The van der Waals surface area contributed by atoms with Gasteiger partial charge in [0.2, 0.25) is 0 Å². The van der Waals surface area contributed by atoms with Crippen molar-refractivity contribution >= 4 is 33.5 Å². The van der Waals surface area contributed by atoms with Crippen molar-refractivity contribution in [3.63, 3.8) is 0 Å². The van der Waals surface area contributed by atoms with Crippen LogP contribution >= 0.6 is 15.9 Å². The number of carbonyl (C=O) groups is 2. The van der Waals surface area contributed by atoms with Crippen LogP contribution in [0.25, 0.3) is 0 Å². The Kier molecular flexibility index (Phi) is 3.94. The van der Waals surface area contributed by atoms with Gasteiger partial charge in [-0.25, -0.2) is 4.79 Å². The van der Waals surface area contributed by atoms with E-state index in [9.17, 15) is 9.59 Å². The van der Waals surface area contributed by atoms with E-state index in [0.717, 1.165) is 5.56 Å². The molecule has 6 heteroatoms. The number of aryl methyl sites for hydroxylation is 2. The number of amides is 1. The molecule has 0 unspecified atom stereocenters. The summed E-state index contributed by atoms with van der Waals surface area (Å²) in [6.45, 7) is 3.56. The summed E-state index contributed by atoms with van der Waals surface area (Å²) in [7, 11) is 0. The number of carboxylic acids is 1. The molecule has 0 bridgehead atoms. The van der Waals surface area contributed by atoms with Crippen molar-refractivity contribution in [3.05, 3.63) is 51.3 Å². The summed E-state index contributed by atoms with van der Waals surface area (Å²) in [4.78, 5) is 26.1. The molecule has 3 N–H and O–H groups in total. The van der Waals surface area contributed by atoms with Gasteiger partial charge in [-0.3, -0.25) is 4.79 Å². The molecule has 0 spiro atoms. The molecule has 1 heterocycles. The third-order valence-electron chi connectivity index (χ3n) is 2.91. The van der Waals surface area contributed by atoms with Crippen molar-refractivity contribution in [1.29, 1.82) is 0 Å². The fourth-order valence-electron chi connectivity index (χ4n) is 1.89. The van der Waals surface area contributed by atoms with E-state index in [1.54, 1.807) is 13.0 Å². The fraction of sp³-hybridized carbons (Fsp3) is 0.143. The van der Waals surface area contributed by atoms with Crippen molar-refractivity contribution in [2.45, 2.75) is 13.8 Å². The van der Waals surface area contributed by atoms with Gasteiger partial charge in [-0.05, 0) is 47.5 Å². The van der Waals surface area contributed by atoms with Crippen LogP contribution in [-0.2, 0) is 0 Å². The van der Waals surface area contributed by atoms with E-state index in [0.29, 0.717) is 15.7 Å². The fourth-order valence-corrected chi connectivity index (χ4v) is 2.57. The molecule has 1 amide bonds. The Morgan fingerprint density at radius 3 is 2.60 bits per heavy atom. The number of aromatic nitrogens is 1. The molecule has 0 atom stereocenters. The molecule has 2 aromatic rings. The highest BCUT2D eigenvalue weighted by atomic mass is 79.9. The molecule has 104 valence electrons. The van der Waals surface area contributed by atoms with Crippen LogP contribution in [0.2, 0.25) is 0 Å². The minimum absolute atomic E-state index is 0.0709. The predicted molar refractivity (Wildman–Crippen MR) is 79.3 cm³/mol. The van der Waals surface area contributed by atoms with E-state index in [2.05, 4.69) is 26.2 Å². The lowest BCUT2D eigenvalue weighted by Crippen LogP contribution is -2.14. The first-order valence-corrected chi connectivity index (χ1v) is 6.68. The summed E-state index contributed by atoms with van der Waals surface area (Å²) in [5.41, 5.74) is 2.30. The Hall–Kier alpha value is -2.08. The van der Waals surface area contributed by atoms with E-state index in [1.165, 1.54) is 6.20 Å². The van der Waals surface area contributed by atoms with E-state index in [-0.39, 0.29) is 17.2 Å². The SMILES string of the molecule is Cc1ccc(C(=O)Nc2c[nH]c(C)c2C(=O)O)c(Br)c1. The van der Waals surface area contributed by atoms with Gasteiger partial charge in [-0.2, -0.15) is 0 Å². The van der Waals surface area contributed by atoms with Crippen molar-refractivity contribution in [2.24, 2.45) is 0 Å². The Morgan fingerprint density at radius 1 is 1.30 bits per heavy atom. The first-order chi connectivity index (χ1) is 9.40. The van der Waals surface area contributed by atoms with Crippen molar-refractivity contribution in [2.75, 3.05) is 5.32 Å². The lowest BCUT2D eigenvalue weighted by atomic mass is 10.1. The van der Waals surface area contributed by atoms with Gasteiger partial charge in [0.05, 0.1) is 11.3 Å². The Balaban J connectivity index is 2.31. The smallest absolute Gasteiger partial charge is 0.339 e. The molecule has 0 aliphatic carbocycles. The molecular weight excluding hydrogens is 324 g/mol. The van der Waals surface area contributed by atoms with Gasteiger partial charge in [0.15, 0.2) is 0 Å². The molecule has 2 rings (SSSR count). The number of hydrogen-bond donors (Lipinski definition) is 3. The quantitative estimate of drug-likeness (QED) is 0.803. The zero-order chi connectivity index (χ0) is 14.9. The second-order valence-electron chi connectivity index (χ2n) is 4.44. The van der Waals surface area contributed by atoms with Gasteiger partial charge >= 0.3 is 5.97 Å². The minimum Gasteiger partial charge on any atom is -0.478 e. The Bertz CT molecular complexity index is 692. The monoisotopic (exact) mass is 336 g/mol. The summed E-state index contributed by atoms with van der Waals surface area (Å²) < 4.78 is 0.666. The topological polar surface area (TPSA) is 82.2 Å². The molecule has 0 aliphatic heterocycles. The molecule has 5 nitrogen and oxygen atoms in total. The number of rotatable bonds is 3. The standard InChI is InChI=1S/C14H13BrN2O3/c1-7-3-4-9(10(15)5-7)13(18)17-11-6-16-8(2)12(11)14(19)20/h3-6,16H,1-2H3,(H,17,18)(H,19,20). The van der Waals surface area contributed by atoms with Crippen molar-refractivity contribution in [3.8, 4) is 0 Å². The van der Waals surface area contributed by atoms with Crippen LogP contribution in [0.15, 0.2) is 28.9 Å². The van der Waals surface area contributed by atoms with Crippen molar-refractivity contribution < 1.29 is 14.7 Å². The minimum atomic E-state index is -1.08. The van der Waals surface area contributed by atoms with Gasteiger partial charge in [0.25, 0.3) is 5.91 Å². The normalized spacial score (nSPS) is 10.3. The number of aromatic carboxylic acids is 1. The van der Waals surface area contributed by atoms with Crippen LogP contribution in [0, 0.1) is 13.8 Å². The highest BCUT2D eigenvalue weighted by Gasteiger charge is 2.18. The lowest BCUT2D eigenvalue weighted by Gasteiger charge is -2.07. The van der Waals surface area contributed by atoms with Crippen LogP contribution in [0.4, 0.5) is 5.69 Å². The molecule has 1 aromatic heterocycles. The number of carbonyl (C=O) groups excluding carboxylic acids is 1. The van der Waals surface area contributed by atoms with E-state index >= 15 is 0 Å². The number of H-pyrrole nitrogens is 1. The number of hydrogen-bond acceptors (Lipinski definition) is 2. The van der Waals surface area contributed by atoms with Gasteiger partial charge in [0, 0.05) is 16.4 Å². The van der Waals surface area contributed by atoms with Crippen molar-refractivity contribution in [1.82, 2.24) is 4.98 Å². The summed E-state index contributed by atoms with van der Waals surface area (Å²) in [6.07, 6.45) is 1.47. The van der Waals surface area contributed by atoms with E-state index in [4.69, 9.17) is 5.11 Å². The first-order valence-electron chi connectivity index (χ1n) is 5.89. The highest BCUT2D eigenvalue weighted by molar-refractivity contribution is 9.10. The second kappa shape index (κ2) is 5.50. The lowest BCUT2D eigenvalue weighted by molar-refractivity contribution is 0.0697. The van der Waals surface area contributed by atoms with Crippen LogP contribution < -0.4 is 5.32 Å². The van der Waals surface area contributed by atoms with E-state index < -0.39 is 5.97 Å². The second-order valence-corrected chi connectivity index (χ2v) is 5.30. The van der Waals surface area contributed by atoms with Crippen LogP contribution in [0.5, 0.6) is 0 Å². The number of carboxylic acid groups (broad SMARTS) is 1. The van der Waals surface area contributed by atoms with Gasteiger partial charge in [-0.15, -0.1) is 0 Å². The maximum Gasteiger partial charge on any atom is 0.339 e. The predicted octanol–water partition coefficient (Wildman–Crippen LogP) is 3.34. The molecule has 0 radical (unpaired) electrons. The molecule has 0 fully saturated rings. The highest BCUT2D eigenvalue weighted by Crippen LogP contribution is 2.23. The van der Waals surface area contributed by atoms with Crippen LogP contribution in [0.1, 0.15) is 32.0 Å². The maximum absolute atomic E-state index is 12.2. The Morgan fingerprint density at radius 2 is 2.00 bits per heavy atom. The van der Waals surface area contributed by atoms with Gasteiger partial charge in [0.1, 0.15) is 5.56 Å². The first kappa shape index (κ1) is 14.3. The Labute approximate surface area is 124 Å². The zero-order valence-electron chi connectivity index (χ0n) is 11.0. The third kappa shape index (κ3) is 2.75. The summed E-state index contributed by atoms with van der Waals surface area (Å²) >= 11 is 3.33. The number of halogens is 1. The molecule has 0 saturated heterocycles. The summed E-state index contributed by atoms with van der Waals surface area (Å²) in [6, 6.07) is 5.34.